The molecule has 0 saturated heterocycles. The molecule has 7 nitrogen and oxygen atoms in total. The smallest absolute Gasteiger partial charge is 0.267 e. The Kier molecular flexibility index (Phi) is 7.03. The fourth-order valence-electron chi connectivity index (χ4n) is 3.51. The first kappa shape index (κ1) is 24.9. The van der Waals surface area contributed by atoms with Gasteiger partial charge in [0.15, 0.2) is 4.90 Å². The number of pyridine rings is 2. The number of nitrogens with one attached hydrogen (secondary N) is 1. The molecule has 0 unspecified atom stereocenters. The lowest BCUT2D eigenvalue weighted by Crippen LogP contribution is -2.17. The Hall–Kier alpha value is -4.23. The first-order chi connectivity index (χ1) is 17.2. The van der Waals surface area contributed by atoms with Crippen LogP contribution in [0.2, 0.25) is 0 Å². The van der Waals surface area contributed by atoms with Crippen LogP contribution in [0.25, 0.3) is 11.3 Å². The maximum absolute atomic E-state index is 14.1. The van der Waals surface area contributed by atoms with Crippen LogP contribution in [0.3, 0.4) is 0 Å². The number of nitrogens with zero attached hydrogens (tertiary/aromatic N) is 4. The molecule has 0 saturated carbocycles. The summed E-state index contributed by atoms with van der Waals surface area (Å²) in [5.41, 5.74) is 4.44. The molecular weight excluding hydrogens is 484 g/mol. The first-order valence-corrected chi connectivity index (χ1v) is 12.4. The number of hydrogen-bond donors (Lipinski definition) is 1. The maximum Gasteiger partial charge on any atom is 0.267 e. The van der Waals surface area contributed by atoms with E-state index in [0.717, 1.165) is 35.2 Å². The van der Waals surface area contributed by atoms with Crippen LogP contribution in [0.4, 0.5) is 14.5 Å². The van der Waals surface area contributed by atoms with Crippen molar-refractivity contribution in [3.05, 3.63) is 95.0 Å². The zero-order chi connectivity index (χ0) is 25.9. The number of benzene rings is 1. The minimum atomic E-state index is -4.55. The third kappa shape index (κ3) is 5.21. The summed E-state index contributed by atoms with van der Waals surface area (Å²) >= 11 is 0. The lowest BCUT2D eigenvalue weighted by Gasteiger charge is -2.11. The largest absolute Gasteiger partial charge is 0.278 e. The van der Waals surface area contributed by atoms with Crippen molar-refractivity contribution in [2.75, 3.05) is 4.72 Å². The van der Waals surface area contributed by atoms with E-state index >= 15 is 0 Å². The van der Waals surface area contributed by atoms with Gasteiger partial charge in [0, 0.05) is 29.2 Å². The molecule has 0 fully saturated rings. The monoisotopic (exact) mass is 505 g/mol. The third-order valence-electron chi connectivity index (χ3n) is 5.28. The molecule has 0 radical (unpaired) electrons. The van der Waals surface area contributed by atoms with Gasteiger partial charge in [-0.25, -0.2) is 27.2 Å². The second kappa shape index (κ2) is 10.2. The number of anilines is 1. The lowest BCUT2D eigenvalue weighted by atomic mass is 10.0. The van der Waals surface area contributed by atoms with E-state index in [4.69, 9.17) is 0 Å². The molecule has 4 aromatic rings. The molecule has 0 aliphatic heterocycles. The quantitative estimate of drug-likeness (QED) is 0.399. The Bertz CT molecular complexity index is 1610. The molecule has 0 aliphatic rings. The van der Waals surface area contributed by atoms with E-state index in [2.05, 4.69) is 36.5 Å². The van der Waals surface area contributed by atoms with Gasteiger partial charge in [0.25, 0.3) is 10.0 Å². The Morgan fingerprint density at radius 2 is 1.72 bits per heavy atom. The van der Waals surface area contributed by atoms with Crippen LogP contribution in [-0.4, -0.2) is 28.4 Å². The summed E-state index contributed by atoms with van der Waals surface area (Å²) < 4.78 is 55.9. The van der Waals surface area contributed by atoms with Crippen molar-refractivity contribution in [3.63, 3.8) is 0 Å². The predicted octanol–water partition coefficient (Wildman–Crippen LogP) is 4.59. The zero-order valence-electron chi connectivity index (χ0n) is 19.7. The normalized spacial score (nSPS) is 11.0. The SMILES string of the molecule is CCc1ncnc(-c2ccnc(C)c2)c1C#Cc1cnc(C)c(NS(=O)(=O)c2c(F)cccc2F)c1. The molecule has 0 aliphatic carbocycles. The Morgan fingerprint density at radius 1 is 0.972 bits per heavy atom. The van der Waals surface area contributed by atoms with Crippen molar-refractivity contribution in [1.82, 2.24) is 19.9 Å². The van der Waals surface area contributed by atoms with Crippen LogP contribution in [-0.2, 0) is 16.4 Å². The van der Waals surface area contributed by atoms with Gasteiger partial charge in [-0.3, -0.25) is 14.7 Å². The van der Waals surface area contributed by atoms with Crippen LogP contribution in [0.1, 0.15) is 35.1 Å². The van der Waals surface area contributed by atoms with Crippen molar-refractivity contribution in [2.24, 2.45) is 0 Å². The van der Waals surface area contributed by atoms with E-state index in [0.29, 0.717) is 28.9 Å². The maximum atomic E-state index is 14.1. The molecule has 10 heteroatoms. The van der Waals surface area contributed by atoms with Crippen LogP contribution in [0, 0.1) is 37.3 Å². The first-order valence-electron chi connectivity index (χ1n) is 10.9. The Morgan fingerprint density at radius 3 is 2.42 bits per heavy atom. The van der Waals surface area contributed by atoms with Gasteiger partial charge < -0.3 is 0 Å². The van der Waals surface area contributed by atoms with E-state index in [1.54, 1.807) is 13.1 Å². The fraction of sp³-hybridized carbons (Fsp3) is 0.154. The highest BCUT2D eigenvalue weighted by Crippen LogP contribution is 2.25. The summed E-state index contributed by atoms with van der Waals surface area (Å²) in [6.07, 6.45) is 5.28. The number of sulfonamides is 1. The van der Waals surface area contributed by atoms with Gasteiger partial charge in [-0.1, -0.05) is 24.8 Å². The molecule has 3 heterocycles. The van der Waals surface area contributed by atoms with Crippen LogP contribution in [0.15, 0.2) is 60.0 Å². The second-order valence-corrected chi connectivity index (χ2v) is 9.47. The molecule has 4 rings (SSSR count). The van der Waals surface area contributed by atoms with Crippen molar-refractivity contribution in [3.8, 4) is 23.1 Å². The molecule has 1 aromatic carbocycles. The minimum Gasteiger partial charge on any atom is -0.278 e. The molecule has 0 bridgehead atoms. The van der Waals surface area contributed by atoms with Crippen LogP contribution >= 0.6 is 0 Å². The van der Waals surface area contributed by atoms with Crippen molar-refractivity contribution < 1.29 is 17.2 Å². The van der Waals surface area contributed by atoms with Gasteiger partial charge in [0.2, 0.25) is 0 Å². The average Bonchev–Trinajstić information content (AvgIpc) is 2.84. The number of aryl methyl sites for hydroxylation is 3. The van der Waals surface area contributed by atoms with Crippen LogP contribution in [0.5, 0.6) is 0 Å². The van der Waals surface area contributed by atoms with Gasteiger partial charge in [-0.05, 0) is 50.6 Å². The van der Waals surface area contributed by atoms with Crippen molar-refractivity contribution >= 4 is 15.7 Å². The van der Waals surface area contributed by atoms with Gasteiger partial charge >= 0.3 is 0 Å². The molecule has 36 heavy (non-hydrogen) atoms. The summed E-state index contributed by atoms with van der Waals surface area (Å²) in [5.74, 6) is 3.69. The van der Waals surface area contributed by atoms with Crippen LogP contribution < -0.4 is 4.72 Å². The highest BCUT2D eigenvalue weighted by atomic mass is 32.2. The molecule has 182 valence electrons. The van der Waals surface area contributed by atoms with Gasteiger partial charge in [0.1, 0.15) is 18.0 Å². The molecule has 0 atom stereocenters. The Labute approximate surface area is 207 Å². The summed E-state index contributed by atoms with van der Waals surface area (Å²) in [6.45, 7) is 5.40. The molecule has 0 amide bonds. The minimum absolute atomic E-state index is 0.0504. The van der Waals surface area contributed by atoms with E-state index in [1.807, 2.05) is 26.0 Å². The fourth-order valence-corrected chi connectivity index (χ4v) is 4.76. The van der Waals surface area contributed by atoms with Crippen molar-refractivity contribution in [2.45, 2.75) is 32.1 Å². The molecule has 1 N–H and O–H groups in total. The zero-order valence-corrected chi connectivity index (χ0v) is 20.5. The van der Waals surface area contributed by atoms with Gasteiger partial charge in [-0.2, -0.15) is 0 Å². The molecular formula is C26H21F2N5O2S. The van der Waals surface area contributed by atoms with Crippen molar-refractivity contribution in [1.29, 1.82) is 0 Å². The van der Waals surface area contributed by atoms with E-state index in [9.17, 15) is 17.2 Å². The second-order valence-electron chi connectivity index (χ2n) is 7.85. The van der Waals surface area contributed by atoms with E-state index in [1.165, 1.54) is 18.6 Å². The van der Waals surface area contributed by atoms with E-state index in [-0.39, 0.29) is 5.69 Å². The highest BCUT2D eigenvalue weighted by Gasteiger charge is 2.24. The summed E-state index contributed by atoms with van der Waals surface area (Å²) in [5, 5.41) is 0. The number of hydrogen-bond acceptors (Lipinski definition) is 6. The third-order valence-corrected chi connectivity index (χ3v) is 6.70. The average molecular weight is 506 g/mol. The highest BCUT2D eigenvalue weighted by molar-refractivity contribution is 7.92. The molecule has 3 aromatic heterocycles. The standard InChI is InChI=1S/C26H21F2N5O2S/c1-4-23-20(25(32-15-31-23)19-10-11-29-16(2)12-19)9-8-18-13-24(17(3)30-14-18)33-36(34,35)26-21(27)6-5-7-22(26)28/h5-7,10-15,33H,4H2,1-3H3. The molecule has 0 spiro atoms. The Balaban J connectivity index is 1.74. The topological polar surface area (TPSA) is 97.7 Å². The number of halogens is 2. The summed E-state index contributed by atoms with van der Waals surface area (Å²) in [7, 11) is -4.55. The summed E-state index contributed by atoms with van der Waals surface area (Å²) in [6, 6.07) is 8.03. The summed E-state index contributed by atoms with van der Waals surface area (Å²) in [4.78, 5) is 16.1. The number of aromatic nitrogens is 4. The van der Waals surface area contributed by atoms with Gasteiger partial charge in [-0.15, -0.1) is 0 Å². The number of rotatable bonds is 5. The van der Waals surface area contributed by atoms with E-state index < -0.39 is 26.6 Å². The lowest BCUT2D eigenvalue weighted by molar-refractivity contribution is 0.521. The predicted molar refractivity (Wildman–Crippen MR) is 131 cm³/mol. The van der Waals surface area contributed by atoms with Gasteiger partial charge in [0.05, 0.1) is 28.3 Å².